The van der Waals surface area contributed by atoms with E-state index in [1.54, 1.807) is 12.1 Å². The number of halogens is 4. The van der Waals surface area contributed by atoms with E-state index in [2.05, 4.69) is 4.98 Å². The van der Waals surface area contributed by atoms with Crippen molar-refractivity contribution in [3.8, 4) is 0 Å². The van der Waals surface area contributed by atoms with E-state index in [9.17, 15) is 22.4 Å². The Morgan fingerprint density at radius 3 is 2.55 bits per heavy atom. The molecule has 1 aromatic carbocycles. The van der Waals surface area contributed by atoms with Crippen molar-refractivity contribution in [2.45, 2.75) is 12.6 Å². The number of ketones is 1. The van der Waals surface area contributed by atoms with Crippen LogP contribution < -0.4 is 0 Å². The number of hydrogen-bond acceptors (Lipinski definition) is 2. The lowest BCUT2D eigenvalue weighted by Crippen LogP contribution is -2.11. The van der Waals surface area contributed by atoms with Gasteiger partial charge in [-0.15, -0.1) is 0 Å². The van der Waals surface area contributed by atoms with Crippen molar-refractivity contribution in [1.82, 2.24) is 4.98 Å². The van der Waals surface area contributed by atoms with Crippen LogP contribution in [0.4, 0.5) is 17.6 Å². The third-order valence-corrected chi connectivity index (χ3v) is 2.68. The summed E-state index contributed by atoms with van der Waals surface area (Å²) in [6.45, 7) is 0. The van der Waals surface area contributed by atoms with Gasteiger partial charge in [0, 0.05) is 24.4 Å². The molecule has 0 bridgehead atoms. The molecule has 1 aromatic heterocycles. The van der Waals surface area contributed by atoms with E-state index in [4.69, 9.17) is 0 Å². The van der Waals surface area contributed by atoms with Crippen LogP contribution in [0.25, 0.3) is 0 Å². The Morgan fingerprint density at radius 2 is 1.95 bits per heavy atom. The maximum absolute atomic E-state index is 13.1. The Labute approximate surface area is 112 Å². The molecule has 2 nitrogen and oxygen atoms in total. The highest BCUT2D eigenvalue weighted by atomic mass is 19.4. The zero-order chi connectivity index (χ0) is 14.8. The van der Waals surface area contributed by atoms with Crippen LogP contribution in [-0.4, -0.2) is 10.8 Å². The maximum Gasteiger partial charge on any atom is 0.419 e. The first-order valence-corrected chi connectivity index (χ1v) is 5.67. The Kier molecular flexibility index (Phi) is 3.83. The van der Waals surface area contributed by atoms with Gasteiger partial charge in [-0.25, -0.2) is 4.39 Å². The summed E-state index contributed by atoms with van der Waals surface area (Å²) < 4.78 is 50.8. The number of aromatic nitrogens is 1. The fourth-order valence-electron chi connectivity index (χ4n) is 1.71. The van der Waals surface area contributed by atoms with Crippen LogP contribution in [0.3, 0.4) is 0 Å². The molecule has 0 aliphatic carbocycles. The Bertz CT molecular complexity index is 623. The average molecular weight is 283 g/mol. The third kappa shape index (κ3) is 3.20. The smallest absolute Gasteiger partial charge is 0.294 e. The van der Waals surface area contributed by atoms with Gasteiger partial charge < -0.3 is 0 Å². The molecular formula is C14H9F4NO. The zero-order valence-corrected chi connectivity index (χ0v) is 10.1. The van der Waals surface area contributed by atoms with E-state index >= 15 is 0 Å². The summed E-state index contributed by atoms with van der Waals surface area (Å²) in [5, 5.41) is 0. The fourth-order valence-corrected chi connectivity index (χ4v) is 1.71. The van der Waals surface area contributed by atoms with E-state index in [1.165, 1.54) is 12.4 Å². The predicted octanol–water partition coefficient (Wildman–Crippen LogP) is 3.66. The summed E-state index contributed by atoms with van der Waals surface area (Å²) in [7, 11) is 0. The van der Waals surface area contributed by atoms with Gasteiger partial charge in [0.1, 0.15) is 5.82 Å². The highest BCUT2D eigenvalue weighted by Gasteiger charge is 2.34. The summed E-state index contributed by atoms with van der Waals surface area (Å²) in [6, 6.07) is 5.49. The zero-order valence-electron chi connectivity index (χ0n) is 10.1. The standard InChI is InChI=1S/C14H9F4NO/c15-12-4-3-10(7-11(12)14(16,17)18)13(20)6-9-2-1-5-19-8-9/h1-5,7-8H,6H2. The minimum atomic E-state index is -4.82. The van der Waals surface area contributed by atoms with Crippen LogP contribution in [0.1, 0.15) is 21.5 Å². The molecule has 104 valence electrons. The first kappa shape index (κ1) is 14.2. The van der Waals surface area contributed by atoms with E-state index < -0.39 is 23.3 Å². The van der Waals surface area contributed by atoms with Crippen LogP contribution in [0.5, 0.6) is 0 Å². The predicted molar refractivity (Wildman–Crippen MR) is 63.7 cm³/mol. The number of rotatable bonds is 3. The molecule has 0 saturated heterocycles. The second-order valence-electron chi connectivity index (χ2n) is 4.15. The van der Waals surface area contributed by atoms with Gasteiger partial charge in [-0.1, -0.05) is 6.07 Å². The summed E-state index contributed by atoms with van der Waals surface area (Å²) in [4.78, 5) is 15.7. The van der Waals surface area contributed by atoms with Crippen LogP contribution in [0, 0.1) is 5.82 Å². The van der Waals surface area contributed by atoms with Crippen molar-refractivity contribution >= 4 is 5.78 Å². The molecule has 0 spiro atoms. The molecule has 20 heavy (non-hydrogen) atoms. The first-order valence-electron chi connectivity index (χ1n) is 5.67. The van der Waals surface area contributed by atoms with Gasteiger partial charge in [0.25, 0.3) is 0 Å². The minimum absolute atomic E-state index is 0.0865. The van der Waals surface area contributed by atoms with Crippen molar-refractivity contribution < 1.29 is 22.4 Å². The maximum atomic E-state index is 13.1. The van der Waals surface area contributed by atoms with Crippen LogP contribution in [-0.2, 0) is 12.6 Å². The second-order valence-corrected chi connectivity index (χ2v) is 4.15. The average Bonchev–Trinajstić information content (AvgIpc) is 2.39. The second kappa shape index (κ2) is 5.40. The van der Waals surface area contributed by atoms with Crippen molar-refractivity contribution in [3.05, 3.63) is 65.2 Å². The molecule has 0 fully saturated rings. The first-order chi connectivity index (χ1) is 9.38. The lowest BCUT2D eigenvalue weighted by Gasteiger charge is -2.09. The number of alkyl halides is 3. The fraction of sp³-hybridized carbons (Fsp3) is 0.143. The molecule has 0 aliphatic heterocycles. The van der Waals surface area contributed by atoms with Gasteiger partial charge in [0.2, 0.25) is 0 Å². The van der Waals surface area contributed by atoms with Gasteiger partial charge in [0.15, 0.2) is 5.78 Å². The number of benzene rings is 1. The van der Waals surface area contributed by atoms with Crippen molar-refractivity contribution in [2.75, 3.05) is 0 Å². The molecule has 6 heteroatoms. The number of nitrogens with zero attached hydrogens (tertiary/aromatic N) is 1. The number of carbonyl (C=O) groups excluding carboxylic acids is 1. The quantitative estimate of drug-likeness (QED) is 0.635. The van der Waals surface area contributed by atoms with Crippen LogP contribution >= 0.6 is 0 Å². The largest absolute Gasteiger partial charge is 0.419 e. The molecule has 0 N–H and O–H groups in total. The number of pyridine rings is 1. The monoisotopic (exact) mass is 283 g/mol. The van der Waals surface area contributed by atoms with Gasteiger partial charge >= 0.3 is 6.18 Å². The Balaban J connectivity index is 2.27. The SMILES string of the molecule is O=C(Cc1cccnc1)c1ccc(F)c(C(F)(F)F)c1. The molecule has 2 aromatic rings. The minimum Gasteiger partial charge on any atom is -0.294 e. The molecule has 2 rings (SSSR count). The molecule has 0 atom stereocenters. The number of carbonyl (C=O) groups is 1. The lowest BCUT2D eigenvalue weighted by molar-refractivity contribution is -0.140. The normalized spacial score (nSPS) is 11.4. The highest BCUT2D eigenvalue weighted by molar-refractivity contribution is 5.97. The number of Topliss-reactive ketones (excluding diaryl/α,β-unsaturated/α-hetero) is 1. The Morgan fingerprint density at radius 1 is 1.20 bits per heavy atom. The van der Waals surface area contributed by atoms with Gasteiger partial charge in [-0.05, 0) is 29.8 Å². The lowest BCUT2D eigenvalue weighted by atomic mass is 10.0. The molecule has 0 saturated carbocycles. The third-order valence-electron chi connectivity index (χ3n) is 2.68. The summed E-state index contributed by atoms with van der Waals surface area (Å²) in [5.74, 6) is -1.92. The molecule has 1 heterocycles. The van der Waals surface area contributed by atoms with E-state index in [1.807, 2.05) is 0 Å². The molecule has 0 aliphatic rings. The van der Waals surface area contributed by atoms with Crippen LogP contribution in [0.15, 0.2) is 42.7 Å². The molecule has 0 radical (unpaired) electrons. The topological polar surface area (TPSA) is 30.0 Å². The number of hydrogen-bond donors (Lipinski definition) is 0. The van der Waals surface area contributed by atoms with E-state index in [-0.39, 0.29) is 12.0 Å². The van der Waals surface area contributed by atoms with E-state index in [0.717, 1.165) is 6.07 Å². The van der Waals surface area contributed by atoms with Crippen molar-refractivity contribution in [2.24, 2.45) is 0 Å². The summed E-state index contributed by atoms with van der Waals surface area (Å²) in [6.07, 6.45) is -1.94. The van der Waals surface area contributed by atoms with Crippen LogP contribution in [0.2, 0.25) is 0 Å². The molecule has 0 amide bonds. The molecular weight excluding hydrogens is 274 g/mol. The molecule has 0 unspecified atom stereocenters. The summed E-state index contributed by atoms with van der Waals surface area (Å²) in [5.41, 5.74) is -1.03. The van der Waals surface area contributed by atoms with Gasteiger partial charge in [-0.2, -0.15) is 13.2 Å². The van der Waals surface area contributed by atoms with Crippen molar-refractivity contribution in [3.63, 3.8) is 0 Å². The summed E-state index contributed by atoms with van der Waals surface area (Å²) >= 11 is 0. The van der Waals surface area contributed by atoms with Gasteiger partial charge in [-0.3, -0.25) is 9.78 Å². The van der Waals surface area contributed by atoms with E-state index in [0.29, 0.717) is 17.7 Å². The van der Waals surface area contributed by atoms with Crippen molar-refractivity contribution in [1.29, 1.82) is 0 Å². The Hall–Kier alpha value is -2.24. The highest BCUT2D eigenvalue weighted by Crippen LogP contribution is 2.32. The van der Waals surface area contributed by atoms with Gasteiger partial charge in [0.05, 0.1) is 5.56 Å².